The Balaban J connectivity index is 2.77. The lowest BCUT2D eigenvalue weighted by Crippen LogP contribution is -2.24. The van der Waals surface area contributed by atoms with E-state index >= 15 is 0 Å². The quantitative estimate of drug-likeness (QED) is 0.820. The molecule has 94 valence electrons. The van der Waals surface area contributed by atoms with Crippen molar-refractivity contribution in [3.63, 3.8) is 0 Å². The minimum absolute atomic E-state index is 0.162. The number of carbonyl (C=O) groups excluding carboxylic acids is 1. The second-order valence-electron chi connectivity index (χ2n) is 5.45. The highest BCUT2D eigenvalue weighted by atomic mass is 28.3. The Hall–Kier alpha value is -1.29. The van der Waals surface area contributed by atoms with Crippen LogP contribution in [0, 0.1) is 0 Å². The van der Waals surface area contributed by atoms with Crippen LogP contribution in [0.15, 0.2) is 18.2 Å². The van der Waals surface area contributed by atoms with Gasteiger partial charge >= 0.3 is 0 Å². The second-order valence-corrected chi connectivity index (χ2v) is 10.9. The Morgan fingerprint density at radius 2 is 2.00 bits per heavy atom. The van der Waals surface area contributed by atoms with E-state index in [2.05, 4.69) is 19.6 Å². The minimum atomic E-state index is -1.38. The normalized spacial score (nSPS) is 11.3. The van der Waals surface area contributed by atoms with Crippen LogP contribution in [0.4, 0.5) is 0 Å². The Labute approximate surface area is 103 Å². The van der Waals surface area contributed by atoms with E-state index in [1.54, 1.807) is 25.3 Å². The van der Waals surface area contributed by atoms with Gasteiger partial charge in [-0.05, 0) is 18.2 Å². The predicted octanol–water partition coefficient (Wildman–Crippen LogP) is 2.85. The van der Waals surface area contributed by atoms with Gasteiger partial charge in [0.15, 0.2) is 0 Å². The second kappa shape index (κ2) is 5.36. The summed E-state index contributed by atoms with van der Waals surface area (Å²) < 4.78 is 5.08. The van der Waals surface area contributed by atoms with E-state index in [4.69, 9.17) is 4.74 Å². The van der Waals surface area contributed by atoms with Crippen molar-refractivity contribution in [3.8, 4) is 11.5 Å². The van der Waals surface area contributed by atoms with Crippen LogP contribution >= 0.6 is 0 Å². The summed E-state index contributed by atoms with van der Waals surface area (Å²) in [6.07, 6.45) is 0.285. The number of aromatic hydroxyl groups is 1. The highest BCUT2D eigenvalue weighted by Crippen LogP contribution is 2.24. The van der Waals surface area contributed by atoms with Crippen molar-refractivity contribution in [2.45, 2.75) is 32.1 Å². The lowest BCUT2D eigenvalue weighted by molar-refractivity contribution is -0.116. The molecule has 0 spiro atoms. The molecule has 0 atom stereocenters. The van der Waals surface area contributed by atoms with Gasteiger partial charge in [0.1, 0.15) is 17.3 Å². The molecule has 0 aliphatic rings. The van der Waals surface area contributed by atoms with Crippen molar-refractivity contribution in [2.75, 3.05) is 7.11 Å². The third kappa shape index (κ3) is 4.61. The molecule has 0 heterocycles. The van der Waals surface area contributed by atoms with Crippen molar-refractivity contribution < 1.29 is 14.6 Å². The van der Waals surface area contributed by atoms with E-state index in [0.29, 0.717) is 17.4 Å². The first-order valence-corrected chi connectivity index (χ1v) is 9.40. The fraction of sp³-hybridized carbons (Fsp3) is 0.462. The monoisotopic (exact) mass is 252 g/mol. The highest BCUT2D eigenvalue weighted by molar-refractivity contribution is 6.78. The fourth-order valence-corrected chi connectivity index (χ4v) is 3.00. The molecule has 0 aliphatic carbocycles. The molecule has 0 aromatic heterocycles. The number of methoxy groups -OCH3 is 1. The van der Waals surface area contributed by atoms with E-state index in [-0.39, 0.29) is 18.0 Å². The molecule has 0 amide bonds. The number of rotatable bonds is 5. The lowest BCUT2D eigenvalue weighted by Gasteiger charge is -2.14. The lowest BCUT2D eigenvalue weighted by atomic mass is 10.1. The Bertz CT molecular complexity index is 408. The number of ether oxygens (including phenoxy) is 1. The third-order valence-corrected chi connectivity index (χ3v) is 3.86. The Kier molecular flexibility index (Phi) is 4.34. The largest absolute Gasteiger partial charge is 0.508 e. The molecule has 17 heavy (non-hydrogen) atoms. The van der Waals surface area contributed by atoms with Gasteiger partial charge in [0.05, 0.1) is 15.2 Å². The number of hydrogen-bond acceptors (Lipinski definition) is 3. The molecule has 3 nitrogen and oxygen atoms in total. The molecule has 0 radical (unpaired) electrons. The summed E-state index contributed by atoms with van der Waals surface area (Å²) in [5, 5.41) is 9.68. The van der Waals surface area contributed by atoms with Crippen LogP contribution in [0.5, 0.6) is 11.5 Å². The molecular formula is C13H20O3Si. The molecule has 1 N–H and O–H groups in total. The summed E-state index contributed by atoms with van der Waals surface area (Å²) in [6.45, 7) is 6.49. The maximum absolute atomic E-state index is 11.9. The number of phenols is 1. The molecule has 0 saturated heterocycles. The summed E-state index contributed by atoms with van der Waals surface area (Å²) in [6, 6.07) is 5.61. The maximum Gasteiger partial charge on any atom is 0.134 e. The van der Waals surface area contributed by atoms with Gasteiger partial charge in [-0.1, -0.05) is 19.6 Å². The molecular weight excluding hydrogens is 232 g/mol. The minimum Gasteiger partial charge on any atom is -0.508 e. The smallest absolute Gasteiger partial charge is 0.134 e. The standard InChI is InChI=1S/C13H20O3Si/c1-16-12-5-6-13(15)10(8-12)7-11(14)9-17(2,3)4/h5-6,8,15H,7,9H2,1-4H3. The number of Topliss-reactive ketones (excluding diaryl/α,β-unsaturated/α-hetero) is 1. The molecule has 0 fully saturated rings. The van der Waals surface area contributed by atoms with Crippen molar-refractivity contribution in [1.29, 1.82) is 0 Å². The number of phenolic OH excluding ortho intramolecular Hbond substituents is 1. The van der Waals surface area contributed by atoms with Gasteiger partial charge in [0.25, 0.3) is 0 Å². The number of hydrogen-bond donors (Lipinski definition) is 1. The van der Waals surface area contributed by atoms with E-state index in [0.717, 1.165) is 0 Å². The fourth-order valence-electron chi connectivity index (χ4n) is 1.70. The summed E-state index contributed by atoms with van der Waals surface area (Å²) in [5.74, 6) is 1.01. The Morgan fingerprint density at radius 1 is 1.35 bits per heavy atom. The zero-order chi connectivity index (χ0) is 13.1. The molecule has 0 bridgehead atoms. The molecule has 1 aromatic rings. The first-order valence-electron chi connectivity index (χ1n) is 5.69. The van der Waals surface area contributed by atoms with Crippen molar-refractivity contribution >= 4 is 13.9 Å². The van der Waals surface area contributed by atoms with Gasteiger partial charge in [0, 0.05) is 18.0 Å². The van der Waals surface area contributed by atoms with E-state index in [1.807, 2.05) is 0 Å². The van der Waals surface area contributed by atoms with E-state index in [1.165, 1.54) is 0 Å². The van der Waals surface area contributed by atoms with E-state index in [9.17, 15) is 9.90 Å². The van der Waals surface area contributed by atoms with Crippen LogP contribution < -0.4 is 4.74 Å². The number of ketones is 1. The molecule has 0 aliphatic heterocycles. The van der Waals surface area contributed by atoms with Crippen LogP contribution in [-0.2, 0) is 11.2 Å². The first-order chi connectivity index (χ1) is 7.81. The number of carbonyl (C=O) groups is 1. The van der Waals surface area contributed by atoms with Crippen molar-refractivity contribution in [3.05, 3.63) is 23.8 Å². The van der Waals surface area contributed by atoms with Crippen LogP contribution in [0.2, 0.25) is 25.7 Å². The van der Waals surface area contributed by atoms with Crippen LogP contribution in [0.1, 0.15) is 5.56 Å². The zero-order valence-electron chi connectivity index (χ0n) is 10.9. The zero-order valence-corrected chi connectivity index (χ0v) is 11.9. The molecule has 0 saturated carbocycles. The van der Waals surface area contributed by atoms with E-state index < -0.39 is 8.07 Å². The topological polar surface area (TPSA) is 46.5 Å². The van der Waals surface area contributed by atoms with Gasteiger partial charge in [-0.25, -0.2) is 0 Å². The molecule has 1 rings (SSSR count). The summed E-state index contributed by atoms with van der Waals surface area (Å²) in [5.41, 5.74) is 0.646. The first kappa shape index (κ1) is 13.8. The molecule has 0 unspecified atom stereocenters. The number of benzene rings is 1. The van der Waals surface area contributed by atoms with Gasteiger partial charge in [-0.2, -0.15) is 0 Å². The van der Waals surface area contributed by atoms with Gasteiger partial charge in [-0.3, -0.25) is 4.79 Å². The predicted molar refractivity (Wildman–Crippen MR) is 71.5 cm³/mol. The van der Waals surface area contributed by atoms with Crippen LogP contribution in [0.3, 0.4) is 0 Å². The van der Waals surface area contributed by atoms with Crippen LogP contribution in [0.25, 0.3) is 0 Å². The molecule has 4 heteroatoms. The van der Waals surface area contributed by atoms with Crippen LogP contribution in [-0.4, -0.2) is 26.1 Å². The molecule has 1 aromatic carbocycles. The maximum atomic E-state index is 11.9. The van der Waals surface area contributed by atoms with Gasteiger partial charge < -0.3 is 9.84 Å². The SMILES string of the molecule is COc1ccc(O)c(CC(=O)C[Si](C)(C)C)c1. The summed E-state index contributed by atoms with van der Waals surface area (Å²) >= 11 is 0. The van der Waals surface area contributed by atoms with Gasteiger partial charge in [0.2, 0.25) is 0 Å². The third-order valence-electron chi connectivity index (χ3n) is 2.40. The summed E-state index contributed by atoms with van der Waals surface area (Å²) in [7, 11) is 0.194. The highest BCUT2D eigenvalue weighted by Gasteiger charge is 2.19. The van der Waals surface area contributed by atoms with Gasteiger partial charge in [-0.15, -0.1) is 0 Å². The average molecular weight is 252 g/mol. The Morgan fingerprint density at radius 3 is 2.53 bits per heavy atom. The summed E-state index contributed by atoms with van der Waals surface area (Å²) in [4.78, 5) is 11.9. The van der Waals surface area contributed by atoms with Crippen molar-refractivity contribution in [1.82, 2.24) is 0 Å². The van der Waals surface area contributed by atoms with Crippen molar-refractivity contribution in [2.24, 2.45) is 0 Å². The average Bonchev–Trinajstić information content (AvgIpc) is 2.18.